The predicted octanol–water partition coefficient (Wildman–Crippen LogP) is 3.56. The van der Waals surface area contributed by atoms with Crippen LogP contribution in [0, 0.1) is 6.92 Å². The molecule has 0 atom stereocenters. The van der Waals surface area contributed by atoms with Crippen molar-refractivity contribution in [3.05, 3.63) is 59.7 Å². The summed E-state index contributed by atoms with van der Waals surface area (Å²) in [5, 5.41) is 10.7. The average Bonchev–Trinajstić information content (AvgIpc) is 3.26. The molecule has 0 aliphatic rings. The number of nitrogens with zero attached hydrogens (tertiary/aromatic N) is 4. The van der Waals surface area contributed by atoms with Gasteiger partial charge in [0.1, 0.15) is 18.0 Å². The van der Waals surface area contributed by atoms with Crippen LogP contribution >= 0.6 is 0 Å². The van der Waals surface area contributed by atoms with Gasteiger partial charge in [-0.3, -0.25) is 9.48 Å². The summed E-state index contributed by atoms with van der Waals surface area (Å²) in [6, 6.07) is 9.03. The summed E-state index contributed by atoms with van der Waals surface area (Å²) in [6.07, 6.45) is 1.32. The highest BCUT2D eigenvalue weighted by atomic mass is 19.3. The third-order valence-electron chi connectivity index (χ3n) is 4.06. The number of nitrogens with one attached hydrogen (secondary N) is 1. The van der Waals surface area contributed by atoms with E-state index in [4.69, 9.17) is 4.74 Å². The van der Waals surface area contributed by atoms with Crippen LogP contribution in [0.5, 0.6) is 5.75 Å². The van der Waals surface area contributed by atoms with Gasteiger partial charge in [0.25, 0.3) is 6.43 Å². The smallest absolute Gasteiger partial charge is 0.280 e. The molecule has 0 saturated carbocycles. The standard InChI is InChI=1S/C19H21F2N5O2/c1-3-14-4-6-16(7-5-14)28-12-25-10-15(9-22-25)23-18(27)11-26-17(19(20)21)8-13(2)24-26/h4-10,19H,3,11-12H2,1-2H3,(H,23,27). The van der Waals surface area contributed by atoms with E-state index in [9.17, 15) is 13.6 Å². The van der Waals surface area contributed by atoms with E-state index in [0.717, 1.165) is 11.1 Å². The Kier molecular flexibility index (Phi) is 6.03. The van der Waals surface area contributed by atoms with Gasteiger partial charge in [0.05, 0.1) is 23.8 Å². The van der Waals surface area contributed by atoms with Gasteiger partial charge in [0.2, 0.25) is 5.91 Å². The van der Waals surface area contributed by atoms with Crippen LogP contribution < -0.4 is 10.1 Å². The molecule has 0 bridgehead atoms. The van der Waals surface area contributed by atoms with E-state index >= 15 is 0 Å². The molecule has 0 fully saturated rings. The van der Waals surface area contributed by atoms with Crippen LogP contribution in [0.4, 0.5) is 14.5 Å². The number of carbonyl (C=O) groups excluding carboxylic acids is 1. The topological polar surface area (TPSA) is 74.0 Å². The molecule has 0 aliphatic carbocycles. The fraction of sp³-hybridized carbons (Fsp3) is 0.316. The Bertz CT molecular complexity index is 934. The number of amides is 1. The van der Waals surface area contributed by atoms with Crippen molar-refractivity contribution in [2.45, 2.75) is 40.0 Å². The summed E-state index contributed by atoms with van der Waals surface area (Å²) in [6.45, 7) is 3.55. The lowest BCUT2D eigenvalue weighted by Crippen LogP contribution is -2.21. The second kappa shape index (κ2) is 8.64. The zero-order valence-corrected chi connectivity index (χ0v) is 15.6. The van der Waals surface area contributed by atoms with Crippen molar-refractivity contribution < 1.29 is 18.3 Å². The third-order valence-corrected chi connectivity index (χ3v) is 4.06. The van der Waals surface area contributed by atoms with E-state index in [2.05, 4.69) is 22.4 Å². The summed E-state index contributed by atoms with van der Waals surface area (Å²) in [5.41, 5.74) is 1.81. The molecule has 28 heavy (non-hydrogen) atoms. The van der Waals surface area contributed by atoms with Gasteiger partial charge in [-0.15, -0.1) is 0 Å². The highest BCUT2D eigenvalue weighted by molar-refractivity contribution is 5.90. The van der Waals surface area contributed by atoms with E-state index in [1.165, 1.54) is 22.5 Å². The monoisotopic (exact) mass is 389 g/mol. The minimum absolute atomic E-state index is 0.176. The Hall–Kier alpha value is -3.23. The molecule has 2 aromatic heterocycles. The highest BCUT2D eigenvalue weighted by Crippen LogP contribution is 2.19. The lowest BCUT2D eigenvalue weighted by Gasteiger charge is -2.07. The molecule has 3 aromatic rings. The van der Waals surface area contributed by atoms with Crippen LogP contribution in [0.1, 0.15) is 30.3 Å². The SMILES string of the molecule is CCc1ccc(OCn2cc(NC(=O)Cn3nc(C)cc3C(F)F)cn2)cc1. The van der Waals surface area contributed by atoms with Gasteiger partial charge < -0.3 is 10.1 Å². The maximum absolute atomic E-state index is 13.0. The van der Waals surface area contributed by atoms with Crippen LogP contribution in [0.2, 0.25) is 0 Å². The van der Waals surface area contributed by atoms with Crippen molar-refractivity contribution in [3.63, 3.8) is 0 Å². The minimum Gasteiger partial charge on any atom is -0.471 e. The van der Waals surface area contributed by atoms with Gasteiger partial charge in [-0.1, -0.05) is 19.1 Å². The van der Waals surface area contributed by atoms with Crippen molar-refractivity contribution >= 4 is 11.6 Å². The molecule has 0 radical (unpaired) electrons. The summed E-state index contributed by atoms with van der Waals surface area (Å²) in [5.74, 6) is 0.243. The Balaban J connectivity index is 1.54. The van der Waals surface area contributed by atoms with Crippen LogP contribution in [0.3, 0.4) is 0 Å². The van der Waals surface area contributed by atoms with Crippen molar-refractivity contribution in [1.82, 2.24) is 19.6 Å². The number of benzene rings is 1. The first-order valence-electron chi connectivity index (χ1n) is 8.81. The summed E-state index contributed by atoms with van der Waals surface area (Å²) in [4.78, 5) is 12.1. The molecule has 0 aliphatic heterocycles. The molecular formula is C19H21F2N5O2. The van der Waals surface area contributed by atoms with Gasteiger partial charge in [0, 0.05) is 0 Å². The van der Waals surface area contributed by atoms with E-state index in [-0.39, 0.29) is 19.0 Å². The Labute approximate surface area is 160 Å². The molecule has 9 heteroatoms. The van der Waals surface area contributed by atoms with Gasteiger partial charge in [0.15, 0.2) is 6.73 Å². The number of aromatic nitrogens is 4. The largest absolute Gasteiger partial charge is 0.471 e. The van der Waals surface area contributed by atoms with Gasteiger partial charge >= 0.3 is 0 Å². The molecule has 0 unspecified atom stereocenters. The van der Waals surface area contributed by atoms with Crippen LogP contribution in [-0.2, 0) is 24.5 Å². The highest BCUT2D eigenvalue weighted by Gasteiger charge is 2.17. The number of ether oxygens (including phenoxy) is 1. The lowest BCUT2D eigenvalue weighted by molar-refractivity contribution is -0.117. The second-order valence-corrected chi connectivity index (χ2v) is 6.26. The number of rotatable bonds is 8. The quantitative estimate of drug-likeness (QED) is 0.639. The maximum atomic E-state index is 13.0. The first-order chi connectivity index (χ1) is 13.4. The Morgan fingerprint density at radius 3 is 2.71 bits per heavy atom. The van der Waals surface area contributed by atoms with E-state index < -0.39 is 12.3 Å². The van der Waals surface area contributed by atoms with E-state index in [1.807, 2.05) is 24.3 Å². The van der Waals surface area contributed by atoms with E-state index in [1.54, 1.807) is 13.1 Å². The number of anilines is 1. The molecule has 1 N–H and O–H groups in total. The first kappa shape index (κ1) is 19.5. The third kappa shape index (κ3) is 4.93. The lowest BCUT2D eigenvalue weighted by atomic mass is 10.2. The van der Waals surface area contributed by atoms with Crippen molar-refractivity contribution in [2.24, 2.45) is 0 Å². The number of carbonyl (C=O) groups is 1. The van der Waals surface area contributed by atoms with Crippen LogP contribution in [-0.4, -0.2) is 25.5 Å². The number of hydrogen-bond donors (Lipinski definition) is 1. The number of alkyl halides is 2. The van der Waals surface area contributed by atoms with Gasteiger partial charge in [-0.2, -0.15) is 10.2 Å². The maximum Gasteiger partial charge on any atom is 0.280 e. The zero-order valence-electron chi connectivity index (χ0n) is 15.6. The molecule has 1 amide bonds. The molecule has 148 valence electrons. The number of hydrogen-bond acceptors (Lipinski definition) is 4. The van der Waals surface area contributed by atoms with E-state index in [0.29, 0.717) is 17.1 Å². The second-order valence-electron chi connectivity index (χ2n) is 6.26. The fourth-order valence-corrected chi connectivity index (χ4v) is 2.67. The van der Waals surface area contributed by atoms with Crippen molar-refractivity contribution in [3.8, 4) is 5.75 Å². The predicted molar refractivity (Wildman–Crippen MR) is 99.2 cm³/mol. The van der Waals surface area contributed by atoms with Crippen LogP contribution in [0.15, 0.2) is 42.7 Å². The molecule has 0 spiro atoms. The molecule has 0 saturated heterocycles. The molecule has 1 aromatic carbocycles. The number of halogens is 2. The average molecular weight is 389 g/mol. The molecule has 7 nitrogen and oxygen atoms in total. The Morgan fingerprint density at radius 2 is 2.04 bits per heavy atom. The van der Waals surface area contributed by atoms with Crippen molar-refractivity contribution in [2.75, 3.05) is 5.32 Å². The molecule has 2 heterocycles. The minimum atomic E-state index is -2.69. The Morgan fingerprint density at radius 1 is 1.29 bits per heavy atom. The van der Waals surface area contributed by atoms with Gasteiger partial charge in [-0.25, -0.2) is 13.5 Å². The fourth-order valence-electron chi connectivity index (χ4n) is 2.67. The van der Waals surface area contributed by atoms with Crippen LogP contribution in [0.25, 0.3) is 0 Å². The molecular weight excluding hydrogens is 368 g/mol. The van der Waals surface area contributed by atoms with Gasteiger partial charge in [-0.05, 0) is 37.1 Å². The number of aryl methyl sites for hydroxylation is 2. The summed E-state index contributed by atoms with van der Waals surface area (Å²) in [7, 11) is 0. The summed E-state index contributed by atoms with van der Waals surface area (Å²) < 4.78 is 34.1. The normalized spacial score (nSPS) is 11.0. The molecule has 3 rings (SSSR count). The zero-order chi connectivity index (χ0) is 20.1. The summed E-state index contributed by atoms with van der Waals surface area (Å²) >= 11 is 0. The van der Waals surface area contributed by atoms with Crippen molar-refractivity contribution in [1.29, 1.82) is 0 Å². The first-order valence-corrected chi connectivity index (χ1v) is 8.81.